The van der Waals surface area contributed by atoms with Crippen LogP contribution in [0.15, 0.2) is 54.6 Å². The molecule has 0 bridgehead atoms. The summed E-state index contributed by atoms with van der Waals surface area (Å²) in [6, 6.07) is 19.7. The van der Waals surface area contributed by atoms with Crippen LogP contribution in [0.1, 0.15) is 68.6 Å². The molecular formula is C24H34O. The maximum absolute atomic E-state index is 5.73. The third kappa shape index (κ3) is 8.88. The van der Waals surface area contributed by atoms with E-state index in [4.69, 9.17) is 4.74 Å². The van der Waals surface area contributed by atoms with Gasteiger partial charge in [-0.2, -0.15) is 0 Å². The van der Waals surface area contributed by atoms with E-state index in [1.807, 2.05) is 6.07 Å². The number of benzene rings is 2. The third-order valence-corrected chi connectivity index (χ3v) is 4.68. The summed E-state index contributed by atoms with van der Waals surface area (Å²) in [5.74, 6) is 0. The second-order valence-corrected chi connectivity index (χ2v) is 6.98. The minimum atomic E-state index is 0.748. The molecule has 0 saturated carbocycles. The predicted octanol–water partition coefficient (Wildman–Crippen LogP) is 6.74. The molecule has 0 radical (unpaired) electrons. The highest BCUT2D eigenvalue weighted by atomic mass is 16.5. The van der Waals surface area contributed by atoms with E-state index in [0.717, 1.165) is 13.2 Å². The van der Waals surface area contributed by atoms with Crippen LogP contribution in [0.4, 0.5) is 0 Å². The number of unbranched alkanes of at least 4 members (excludes halogenated alkanes) is 5. The largest absolute Gasteiger partial charge is 0.377 e. The average molecular weight is 339 g/mol. The number of ether oxygens (including phenoxy) is 1. The Morgan fingerprint density at radius 2 is 1.20 bits per heavy atom. The maximum Gasteiger partial charge on any atom is 0.0716 e. The van der Waals surface area contributed by atoms with E-state index >= 15 is 0 Å². The number of aryl methyl sites for hydroxylation is 2. The first-order valence-corrected chi connectivity index (χ1v) is 10.1. The van der Waals surface area contributed by atoms with Crippen LogP contribution in [-0.4, -0.2) is 6.61 Å². The average Bonchev–Trinajstić information content (AvgIpc) is 2.66. The first-order chi connectivity index (χ1) is 12.4. The van der Waals surface area contributed by atoms with E-state index in [0.29, 0.717) is 0 Å². The summed E-state index contributed by atoms with van der Waals surface area (Å²) in [6.07, 6.45) is 11.5. The maximum atomic E-state index is 5.73. The molecule has 0 N–H and O–H groups in total. The molecule has 2 rings (SSSR count). The van der Waals surface area contributed by atoms with Crippen molar-refractivity contribution in [3.8, 4) is 0 Å². The normalized spacial score (nSPS) is 10.9. The van der Waals surface area contributed by atoms with E-state index < -0.39 is 0 Å². The van der Waals surface area contributed by atoms with Gasteiger partial charge in [0.1, 0.15) is 0 Å². The molecule has 0 aliphatic heterocycles. The Morgan fingerprint density at radius 3 is 1.88 bits per heavy atom. The first kappa shape index (κ1) is 19.7. The van der Waals surface area contributed by atoms with Crippen LogP contribution in [0.2, 0.25) is 0 Å². The summed E-state index contributed by atoms with van der Waals surface area (Å²) in [6.45, 7) is 3.88. The molecule has 25 heavy (non-hydrogen) atoms. The van der Waals surface area contributed by atoms with Crippen molar-refractivity contribution in [3.63, 3.8) is 0 Å². The Balaban J connectivity index is 1.40. The molecule has 2 aromatic carbocycles. The number of hydrogen-bond donors (Lipinski definition) is 0. The van der Waals surface area contributed by atoms with E-state index in [1.54, 1.807) is 0 Å². The van der Waals surface area contributed by atoms with Gasteiger partial charge in [0.25, 0.3) is 0 Å². The molecule has 0 aliphatic carbocycles. The molecule has 136 valence electrons. The Labute approximate surface area is 154 Å². The fraction of sp³-hybridized carbons (Fsp3) is 0.500. The quantitative estimate of drug-likeness (QED) is 0.367. The van der Waals surface area contributed by atoms with Crippen molar-refractivity contribution in [1.29, 1.82) is 0 Å². The van der Waals surface area contributed by atoms with Crippen molar-refractivity contribution >= 4 is 0 Å². The topological polar surface area (TPSA) is 9.23 Å². The molecule has 2 aromatic rings. The lowest BCUT2D eigenvalue weighted by molar-refractivity contribution is 0.116. The molecule has 0 saturated heterocycles. The van der Waals surface area contributed by atoms with Gasteiger partial charge in [0, 0.05) is 6.61 Å². The lowest BCUT2D eigenvalue weighted by Crippen LogP contribution is -1.95. The van der Waals surface area contributed by atoms with Crippen LogP contribution < -0.4 is 0 Å². The van der Waals surface area contributed by atoms with E-state index in [-0.39, 0.29) is 0 Å². The lowest BCUT2D eigenvalue weighted by Gasteiger charge is -2.05. The van der Waals surface area contributed by atoms with Gasteiger partial charge in [-0.15, -0.1) is 0 Å². The molecule has 0 fully saturated rings. The van der Waals surface area contributed by atoms with Crippen LogP contribution in [-0.2, 0) is 24.2 Å². The highest BCUT2D eigenvalue weighted by Crippen LogP contribution is 2.12. The van der Waals surface area contributed by atoms with Crippen molar-refractivity contribution in [2.75, 3.05) is 6.61 Å². The minimum Gasteiger partial charge on any atom is -0.377 e. The van der Waals surface area contributed by atoms with Gasteiger partial charge in [-0.25, -0.2) is 0 Å². The fourth-order valence-electron chi connectivity index (χ4n) is 3.17. The van der Waals surface area contributed by atoms with Crippen LogP contribution in [0.25, 0.3) is 0 Å². The van der Waals surface area contributed by atoms with Gasteiger partial charge in [0.15, 0.2) is 0 Å². The monoisotopic (exact) mass is 338 g/mol. The van der Waals surface area contributed by atoms with Crippen molar-refractivity contribution in [3.05, 3.63) is 71.3 Å². The summed E-state index contributed by atoms with van der Waals surface area (Å²) in [5, 5.41) is 0. The number of rotatable bonds is 13. The lowest BCUT2D eigenvalue weighted by atomic mass is 10.0. The summed E-state index contributed by atoms with van der Waals surface area (Å²) < 4.78 is 5.73. The predicted molar refractivity (Wildman–Crippen MR) is 108 cm³/mol. The summed E-state index contributed by atoms with van der Waals surface area (Å²) >= 11 is 0. The van der Waals surface area contributed by atoms with Gasteiger partial charge in [0.2, 0.25) is 0 Å². The molecule has 0 heterocycles. The second kappa shape index (κ2) is 12.7. The molecule has 0 spiro atoms. The van der Waals surface area contributed by atoms with Crippen LogP contribution in [0.3, 0.4) is 0 Å². The van der Waals surface area contributed by atoms with Crippen molar-refractivity contribution in [1.82, 2.24) is 0 Å². The van der Waals surface area contributed by atoms with Gasteiger partial charge in [-0.1, -0.05) is 93.6 Å². The van der Waals surface area contributed by atoms with Crippen molar-refractivity contribution < 1.29 is 4.74 Å². The van der Waals surface area contributed by atoms with E-state index in [2.05, 4.69) is 55.5 Å². The Hall–Kier alpha value is -1.60. The van der Waals surface area contributed by atoms with Gasteiger partial charge in [0.05, 0.1) is 6.61 Å². The molecule has 0 aromatic heterocycles. The van der Waals surface area contributed by atoms with Crippen molar-refractivity contribution in [2.45, 2.75) is 71.3 Å². The Kier molecular flexibility index (Phi) is 10.0. The molecule has 0 amide bonds. The fourth-order valence-corrected chi connectivity index (χ4v) is 3.17. The molecule has 0 atom stereocenters. The zero-order chi connectivity index (χ0) is 17.6. The van der Waals surface area contributed by atoms with Crippen molar-refractivity contribution in [2.24, 2.45) is 0 Å². The molecular weight excluding hydrogens is 304 g/mol. The van der Waals surface area contributed by atoms with E-state index in [1.165, 1.54) is 74.5 Å². The second-order valence-electron chi connectivity index (χ2n) is 6.98. The summed E-state index contributed by atoms with van der Waals surface area (Å²) in [5.41, 5.74) is 4.24. The highest BCUT2D eigenvalue weighted by Gasteiger charge is 1.97. The molecule has 1 heteroatoms. The SMILES string of the molecule is CCCc1ccc(CCCCCCCCOCc2ccccc2)cc1. The Bertz CT molecular complexity index is 544. The molecule has 0 aliphatic rings. The first-order valence-electron chi connectivity index (χ1n) is 10.1. The standard InChI is InChI=1S/C24H34O/c1-2-12-22-16-18-23(19-17-22)13-8-5-3-4-6-11-20-25-21-24-14-9-7-10-15-24/h7,9-10,14-19H,2-6,8,11-13,20-21H2,1H3. The zero-order valence-corrected chi connectivity index (χ0v) is 15.9. The Morgan fingerprint density at radius 1 is 0.600 bits per heavy atom. The molecule has 0 unspecified atom stereocenters. The number of hydrogen-bond acceptors (Lipinski definition) is 1. The minimum absolute atomic E-state index is 0.748. The van der Waals surface area contributed by atoms with Crippen LogP contribution in [0, 0.1) is 0 Å². The van der Waals surface area contributed by atoms with Crippen LogP contribution in [0.5, 0.6) is 0 Å². The van der Waals surface area contributed by atoms with E-state index in [9.17, 15) is 0 Å². The van der Waals surface area contributed by atoms with Gasteiger partial charge < -0.3 is 4.74 Å². The van der Waals surface area contributed by atoms with Gasteiger partial charge >= 0.3 is 0 Å². The van der Waals surface area contributed by atoms with Gasteiger partial charge in [-0.05, 0) is 42.4 Å². The smallest absolute Gasteiger partial charge is 0.0716 e. The molecule has 1 nitrogen and oxygen atoms in total. The summed E-state index contributed by atoms with van der Waals surface area (Å²) in [4.78, 5) is 0. The van der Waals surface area contributed by atoms with Crippen LogP contribution >= 0.6 is 0 Å². The summed E-state index contributed by atoms with van der Waals surface area (Å²) in [7, 11) is 0. The van der Waals surface area contributed by atoms with Gasteiger partial charge in [-0.3, -0.25) is 0 Å². The third-order valence-electron chi connectivity index (χ3n) is 4.68. The zero-order valence-electron chi connectivity index (χ0n) is 15.9. The highest BCUT2D eigenvalue weighted by molar-refractivity contribution is 5.22.